The van der Waals surface area contributed by atoms with E-state index in [0.717, 1.165) is 17.8 Å². The number of allylic oxidation sites excluding steroid dienone is 2. The van der Waals surface area contributed by atoms with Crippen molar-refractivity contribution in [1.82, 2.24) is 0 Å². The highest BCUT2D eigenvalue weighted by Crippen LogP contribution is 2.30. The molecule has 0 N–H and O–H groups in total. The lowest BCUT2D eigenvalue weighted by Gasteiger charge is -2.30. The van der Waals surface area contributed by atoms with Crippen LogP contribution in [0.4, 0.5) is 0 Å². The molecule has 2 nitrogen and oxygen atoms in total. The fourth-order valence-corrected chi connectivity index (χ4v) is 9.24. The van der Waals surface area contributed by atoms with Gasteiger partial charge in [0.05, 0.1) is 12.2 Å². The summed E-state index contributed by atoms with van der Waals surface area (Å²) < 4.78 is 6.96. The van der Waals surface area contributed by atoms with E-state index in [4.69, 9.17) is 4.74 Å². The van der Waals surface area contributed by atoms with Crippen LogP contribution in [-0.2, 0) is 9.53 Å². The Morgan fingerprint density at radius 3 is 1.39 bits per heavy atom. The van der Waals surface area contributed by atoms with Gasteiger partial charge in [0.2, 0.25) is 0 Å². The van der Waals surface area contributed by atoms with E-state index in [1.165, 1.54) is 205 Å². The number of unbranched alkanes of at least 4 members (excludes halogenated alkanes) is 25. The number of rotatable bonds is 42. The highest BCUT2D eigenvalue weighted by molar-refractivity contribution is 8.76. The van der Waals surface area contributed by atoms with Gasteiger partial charge in [0.15, 0.2) is 0 Å². The van der Waals surface area contributed by atoms with Crippen molar-refractivity contribution >= 4 is 27.9 Å². The van der Waals surface area contributed by atoms with E-state index in [2.05, 4.69) is 39.8 Å². The minimum atomic E-state index is 0.269. The Bertz CT molecular complexity index is 654. The molecule has 0 fully saturated rings. The molecule has 0 aromatic carbocycles. The first-order valence-corrected chi connectivity index (χ1v) is 24.7. The maximum atomic E-state index is 10.7. The van der Waals surface area contributed by atoms with Crippen LogP contribution in [0.5, 0.6) is 0 Å². The van der Waals surface area contributed by atoms with Gasteiger partial charge in [0.1, 0.15) is 6.29 Å². The smallest absolute Gasteiger partial charge is 0.120 e. The Balaban J connectivity index is 4.87. The van der Waals surface area contributed by atoms with Crippen LogP contribution in [0.1, 0.15) is 240 Å². The molecule has 0 radical (unpaired) electrons. The summed E-state index contributed by atoms with van der Waals surface area (Å²) in [5.74, 6) is 2.60. The van der Waals surface area contributed by atoms with Gasteiger partial charge in [-0.3, -0.25) is 0 Å². The van der Waals surface area contributed by atoms with E-state index in [9.17, 15) is 4.79 Å². The quantitative estimate of drug-likeness (QED) is 0.0271. The first-order valence-electron chi connectivity index (χ1n) is 22.2. The third kappa shape index (κ3) is 37.6. The zero-order valence-corrected chi connectivity index (χ0v) is 35.5. The van der Waals surface area contributed by atoms with Crippen LogP contribution in [0.15, 0.2) is 12.2 Å². The first kappa shape index (κ1) is 49.1. The van der Waals surface area contributed by atoms with Crippen molar-refractivity contribution in [3.05, 3.63) is 12.2 Å². The molecule has 0 aliphatic heterocycles. The number of hydrogen-bond acceptors (Lipinski definition) is 4. The molecular weight excluding hydrogens is 637 g/mol. The largest absolute Gasteiger partial charge is 0.374 e. The van der Waals surface area contributed by atoms with E-state index in [1.807, 2.05) is 21.6 Å². The summed E-state index contributed by atoms with van der Waals surface area (Å²) in [6, 6.07) is 0. The third-order valence-electron chi connectivity index (χ3n) is 10.3. The molecule has 0 rings (SSSR count). The van der Waals surface area contributed by atoms with Crippen molar-refractivity contribution in [1.29, 1.82) is 0 Å². The fourth-order valence-electron chi connectivity index (χ4n) is 7.06. The number of ether oxygens (including phenoxy) is 1. The van der Waals surface area contributed by atoms with Crippen LogP contribution < -0.4 is 0 Å². The van der Waals surface area contributed by atoms with Crippen LogP contribution in [0.25, 0.3) is 0 Å². The zero-order valence-electron chi connectivity index (χ0n) is 33.8. The highest BCUT2D eigenvalue weighted by atomic mass is 33.1. The van der Waals surface area contributed by atoms with Crippen LogP contribution in [0.3, 0.4) is 0 Å². The summed E-state index contributed by atoms with van der Waals surface area (Å²) in [7, 11) is 3.72. The SMILES string of the molecule is CCCCC/C=C\CCC(CCCCCCCCCCCCCC)C(CCCCCCCCCCCCCC)OC(C)CSSCCC=O. The molecule has 3 atom stereocenters. The summed E-state index contributed by atoms with van der Waals surface area (Å²) in [4.78, 5) is 10.7. The number of carbonyl (C=O) groups is 1. The Morgan fingerprint density at radius 2 is 0.898 bits per heavy atom. The van der Waals surface area contributed by atoms with Gasteiger partial charge in [-0.1, -0.05) is 221 Å². The van der Waals surface area contributed by atoms with Gasteiger partial charge in [-0.2, -0.15) is 0 Å². The number of carbonyl (C=O) groups excluding carboxylic acids is 1. The second-order valence-electron chi connectivity index (χ2n) is 15.2. The van der Waals surface area contributed by atoms with E-state index >= 15 is 0 Å². The molecule has 292 valence electrons. The zero-order chi connectivity index (χ0) is 35.7. The molecule has 4 heteroatoms. The summed E-state index contributed by atoms with van der Waals surface area (Å²) in [6.07, 6.45) is 51.5. The molecule has 0 saturated carbocycles. The average Bonchev–Trinajstić information content (AvgIpc) is 3.10. The second kappa shape index (κ2) is 42.5. The molecule has 0 heterocycles. The van der Waals surface area contributed by atoms with Crippen LogP contribution in [0.2, 0.25) is 0 Å². The predicted molar refractivity (Wildman–Crippen MR) is 227 cm³/mol. The second-order valence-corrected chi connectivity index (χ2v) is 17.8. The summed E-state index contributed by atoms with van der Waals surface area (Å²) in [5, 5.41) is 0. The molecule has 0 spiro atoms. The molecule has 0 aromatic heterocycles. The Hall–Kier alpha value is 0.0700. The Labute approximate surface area is 317 Å². The van der Waals surface area contributed by atoms with Gasteiger partial charge < -0.3 is 9.53 Å². The molecule has 0 amide bonds. The monoisotopic (exact) mass is 725 g/mol. The molecule has 0 aliphatic carbocycles. The normalized spacial score (nSPS) is 13.7. The van der Waals surface area contributed by atoms with Crippen molar-refractivity contribution in [2.75, 3.05) is 11.5 Å². The van der Waals surface area contributed by atoms with Crippen LogP contribution in [0, 0.1) is 5.92 Å². The van der Waals surface area contributed by atoms with Gasteiger partial charge in [-0.05, 0) is 51.4 Å². The molecule has 0 saturated heterocycles. The Morgan fingerprint density at radius 1 is 0.469 bits per heavy atom. The minimum absolute atomic E-state index is 0.269. The molecule has 0 aliphatic rings. The molecule has 3 unspecified atom stereocenters. The maximum absolute atomic E-state index is 10.7. The van der Waals surface area contributed by atoms with Crippen molar-refractivity contribution < 1.29 is 9.53 Å². The summed E-state index contributed by atoms with van der Waals surface area (Å²) >= 11 is 0. The summed E-state index contributed by atoms with van der Waals surface area (Å²) in [6.45, 7) is 9.20. The van der Waals surface area contributed by atoms with Crippen molar-refractivity contribution in [2.45, 2.75) is 252 Å². The molecule has 0 aromatic rings. The first-order chi connectivity index (χ1) is 24.2. The van der Waals surface area contributed by atoms with Gasteiger partial charge in [-0.15, -0.1) is 0 Å². The predicted octanol–water partition coefficient (Wildman–Crippen LogP) is 16.4. The third-order valence-corrected chi connectivity index (χ3v) is 12.8. The lowest BCUT2D eigenvalue weighted by molar-refractivity contribution is -0.107. The van der Waals surface area contributed by atoms with Crippen LogP contribution in [-0.4, -0.2) is 30.0 Å². The van der Waals surface area contributed by atoms with Crippen molar-refractivity contribution in [3.8, 4) is 0 Å². The summed E-state index contributed by atoms with van der Waals surface area (Å²) in [5.41, 5.74) is 0. The average molecular weight is 725 g/mol. The lowest BCUT2D eigenvalue weighted by atomic mass is 9.87. The minimum Gasteiger partial charge on any atom is -0.374 e. The fraction of sp³-hybridized carbons (Fsp3) is 0.933. The molecule has 0 bridgehead atoms. The van der Waals surface area contributed by atoms with Crippen LogP contribution >= 0.6 is 21.6 Å². The highest BCUT2D eigenvalue weighted by Gasteiger charge is 2.23. The molecular formula is C45H88O2S2. The van der Waals surface area contributed by atoms with Gasteiger partial charge >= 0.3 is 0 Å². The number of hydrogen-bond donors (Lipinski definition) is 0. The van der Waals surface area contributed by atoms with Crippen molar-refractivity contribution in [2.24, 2.45) is 5.92 Å². The van der Waals surface area contributed by atoms with Gasteiger partial charge in [-0.25, -0.2) is 0 Å². The van der Waals surface area contributed by atoms with E-state index in [0.29, 0.717) is 18.4 Å². The Kier molecular flexibility index (Phi) is 42.5. The lowest BCUT2D eigenvalue weighted by Crippen LogP contribution is -2.29. The van der Waals surface area contributed by atoms with E-state index in [1.54, 1.807) is 0 Å². The topological polar surface area (TPSA) is 26.3 Å². The van der Waals surface area contributed by atoms with Gasteiger partial charge in [0, 0.05) is 17.9 Å². The van der Waals surface area contributed by atoms with E-state index < -0.39 is 0 Å². The molecule has 49 heavy (non-hydrogen) atoms. The van der Waals surface area contributed by atoms with Gasteiger partial charge in [0.25, 0.3) is 0 Å². The van der Waals surface area contributed by atoms with E-state index in [-0.39, 0.29) is 6.10 Å². The standard InChI is InChI=1S/C45H88O2S2/c1-5-8-11-14-17-19-21-23-25-28-31-34-38-44(37-33-30-27-16-13-10-7-3)45(47-43(4)42-49-48-41-36-40-46)39-35-32-29-26-24-22-20-18-15-12-9-6-2/h27,30,40,43-45H,5-26,28-29,31-39,41-42H2,1-4H3/b30-27-. The maximum Gasteiger partial charge on any atom is 0.120 e. The number of aldehydes is 1. The van der Waals surface area contributed by atoms with Crippen molar-refractivity contribution in [3.63, 3.8) is 0 Å².